The molecular weight excluding hydrogens is 398 g/mol. The quantitative estimate of drug-likeness (QED) is 0.778. The second kappa shape index (κ2) is 9.05. The van der Waals surface area contributed by atoms with E-state index in [9.17, 15) is 13.2 Å². The number of piperazine rings is 1. The summed E-state index contributed by atoms with van der Waals surface area (Å²) in [5.74, 6) is -0.139. The van der Waals surface area contributed by atoms with Gasteiger partial charge in [-0.05, 0) is 35.9 Å². The molecule has 2 aromatic rings. The fourth-order valence-corrected chi connectivity index (χ4v) is 4.42. The fourth-order valence-electron chi connectivity index (χ4n) is 3.21. The molecule has 28 heavy (non-hydrogen) atoms. The average molecular weight is 422 g/mol. The number of nitrogens with one attached hydrogen (secondary N) is 1. The van der Waals surface area contributed by atoms with Crippen LogP contribution < -0.4 is 4.72 Å². The number of amides is 1. The number of carbonyl (C=O) groups is 1. The second-order valence-electron chi connectivity index (χ2n) is 6.72. The molecule has 0 aliphatic carbocycles. The van der Waals surface area contributed by atoms with Gasteiger partial charge in [-0.1, -0.05) is 36.7 Å². The summed E-state index contributed by atoms with van der Waals surface area (Å²) in [5, 5.41) is 0.720. The van der Waals surface area contributed by atoms with Gasteiger partial charge in [-0.3, -0.25) is 9.69 Å². The van der Waals surface area contributed by atoms with Gasteiger partial charge in [0.1, 0.15) is 0 Å². The summed E-state index contributed by atoms with van der Waals surface area (Å²) in [5.41, 5.74) is 1.58. The smallest absolute Gasteiger partial charge is 0.253 e. The van der Waals surface area contributed by atoms with Crippen molar-refractivity contribution in [1.29, 1.82) is 0 Å². The molecule has 0 spiro atoms. The van der Waals surface area contributed by atoms with Gasteiger partial charge in [0.25, 0.3) is 5.91 Å². The van der Waals surface area contributed by atoms with Crippen molar-refractivity contribution < 1.29 is 13.2 Å². The molecule has 0 aromatic heterocycles. The summed E-state index contributed by atoms with van der Waals surface area (Å²) in [4.78, 5) is 17.0. The number of rotatable bonds is 6. The Morgan fingerprint density at radius 2 is 1.75 bits per heavy atom. The van der Waals surface area contributed by atoms with E-state index in [0.29, 0.717) is 25.2 Å². The lowest BCUT2D eigenvalue weighted by Crippen LogP contribution is -2.48. The third-order valence-corrected chi connectivity index (χ3v) is 6.50. The zero-order chi connectivity index (χ0) is 20.1. The topological polar surface area (TPSA) is 69.7 Å². The highest BCUT2D eigenvalue weighted by Crippen LogP contribution is 2.16. The van der Waals surface area contributed by atoms with E-state index in [2.05, 4.69) is 9.62 Å². The molecule has 1 amide bonds. The number of hydrogen-bond donors (Lipinski definition) is 1. The summed E-state index contributed by atoms with van der Waals surface area (Å²) in [6.07, 6.45) is 0. The van der Waals surface area contributed by atoms with Crippen LogP contribution in [0.15, 0.2) is 53.4 Å². The van der Waals surface area contributed by atoms with Crippen molar-refractivity contribution in [2.24, 2.45) is 0 Å². The van der Waals surface area contributed by atoms with Crippen LogP contribution >= 0.6 is 11.6 Å². The van der Waals surface area contributed by atoms with Crippen LogP contribution in [0, 0.1) is 0 Å². The van der Waals surface area contributed by atoms with E-state index in [1.807, 2.05) is 24.3 Å². The van der Waals surface area contributed by atoms with Gasteiger partial charge in [0.15, 0.2) is 0 Å². The van der Waals surface area contributed by atoms with Crippen molar-refractivity contribution in [3.05, 3.63) is 64.7 Å². The van der Waals surface area contributed by atoms with Crippen molar-refractivity contribution in [1.82, 2.24) is 14.5 Å². The van der Waals surface area contributed by atoms with Gasteiger partial charge in [0.2, 0.25) is 10.0 Å². The number of hydrogen-bond acceptors (Lipinski definition) is 4. The van der Waals surface area contributed by atoms with Crippen LogP contribution in [0.1, 0.15) is 22.8 Å². The molecule has 8 heteroatoms. The first-order valence-corrected chi connectivity index (χ1v) is 11.1. The Kier molecular flexibility index (Phi) is 6.72. The van der Waals surface area contributed by atoms with Crippen molar-refractivity contribution in [3.63, 3.8) is 0 Å². The Bertz CT molecular complexity index is 924. The molecule has 1 fully saturated rings. The molecule has 3 rings (SSSR count). The number of sulfonamides is 1. The van der Waals surface area contributed by atoms with Crippen LogP contribution in [-0.4, -0.2) is 56.8 Å². The highest BCUT2D eigenvalue weighted by atomic mass is 35.5. The van der Waals surface area contributed by atoms with Gasteiger partial charge in [-0.25, -0.2) is 13.1 Å². The molecule has 0 saturated carbocycles. The molecule has 1 heterocycles. The molecule has 0 radical (unpaired) electrons. The van der Waals surface area contributed by atoms with Crippen LogP contribution in [0.4, 0.5) is 0 Å². The normalized spacial score (nSPS) is 15.6. The Balaban J connectivity index is 1.61. The molecular formula is C20H24ClN3O3S. The minimum Gasteiger partial charge on any atom is -0.336 e. The summed E-state index contributed by atoms with van der Waals surface area (Å²) in [6.45, 7) is 5.59. The van der Waals surface area contributed by atoms with Gasteiger partial charge in [-0.2, -0.15) is 0 Å². The minimum absolute atomic E-state index is 0.113. The van der Waals surface area contributed by atoms with E-state index >= 15 is 0 Å². The van der Waals surface area contributed by atoms with Gasteiger partial charge in [-0.15, -0.1) is 0 Å². The molecule has 0 unspecified atom stereocenters. The largest absolute Gasteiger partial charge is 0.336 e. The van der Waals surface area contributed by atoms with E-state index in [-0.39, 0.29) is 10.8 Å². The number of halogens is 1. The second-order valence-corrected chi connectivity index (χ2v) is 8.93. The van der Waals surface area contributed by atoms with E-state index in [4.69, 9.17) is 11.6 Å². The lowest BCUT2D eigenvalue weighted by molar-refractivity contribution is 0.0628. The molecule has 0 atom stereocenters. The van der Waals surface area contributed by atoms with Gasteiger partial charge in [0, 0.05) is 49.9 Å². The molecule has 150 valence electrons. The summed E-state index contributed by atoms with van der Waals surface area (Å²) in [6, 6.07) is 14.0. The zero-order valence-electron chi connectivity index (χ0n) is 15.8. The first-order valence-electron chi connectivity index (χ1n) is 9.25. The maximum Gasteiger partial charge on any atom is 0.253 e. The molecule has 6 nitrogen and oxygen atoms in total. The standard InChI is InChI=1S/C20H24ClN3O3S/c1-2-22-28(26,27)19-5-3-4-17(14-19)20(25)24-12-10-23(11-13-24)15-16-6-8-18(21)9-7-16/h3-9,14,22H,2,10-13,15H2,1H3. The third-order valence-electron chi connectivity index (χ3n) is 4.70. The van der Waals surface area contributed by atoms with Crippen LogP contribution in [0.3, 0.4) is 0 Å². The lowest BCUT2D eigenvalue weighted by Gasteiger charge is -2.34. The highest BCUT2D eigenvalue weighted by Gasteiger charge is 2.23. The molecule has 1 N–H and O–H groups in total. The number of carbonyl (C=O) groups excluding carboxylic acids is 1. The van der Waals surface area contributed by atoms with Crippen LogP contribution in [0.2, 0.25) is 5.02 Å². The van der Waals surface area contributed by atoms with Gasteiger partial charge in [0.05, 0.1) is 4.90 Å². The summed E-state index contributed by atoms with van der Waals surface area (Å²) >= 11 is 5.92. The van der Waals surface area contributed by atoms with Crippen LogP contribution in [0.25, 0.3) is 0 Å². The number of nitrogens with zero attached hydrogens (tertiary/aromatic N) is 2. The first kappa shape index (κ1) is 20.8. The van der Waals surface area contributed by atoms with Crippen molar-refractivity contribution in [2.75, 3.05) is 32.7 Å². The Morgan fingerprint density at radius 1 is 1.07 bits per heavy atom. The van der Waals surface area contributed by atoms with E-state index in [0.717, 1.165) is 24.7 Å². The van der Waals surface area contributed by atoms with E-state index in [1.54, 1.807) is 24.0 Å². The SMILES string of the molecule is CCNS(=O)(=O)c1cccc(C(=O)N2CCN(Cc3ccc(Cl)cc3)CC2)c1. The Labute approximate surface area is 171 Å². The maximum atomic E-state index is 12.8. The predicted octanol–water partition coefficient (Wildman–Crippen LogP) is 2.60. The highest BCUT2D eigenvalue weighted by molar-refractivity contribution is 7.89. The van der Waals surface area contributed by atoms with Crippen molar-refractivity contribution >= 4 is 27.5 Å². The third kappa shape index (κ3) is 5.11. The molecule has 1 aliphatic rings. The fraction of sp³-hybridized carbons (Fsp3) is 0.350. The summed E-state index contributed by atoms with van der Waals surface area (Å²) in [7, 11) is -3.58. The zero-order valence-corrected chi connectivity index (χ0v) is 17.3. The number of benzene rings is 2. The summed E-state index contributed by atoms with van der Waals surface area (Å²) < 4.78 is 26.8. The van der Waals surface area contributed by atoms with Crippen molar-refractivity contribution in [3.8, 4) is 0 Å². The van der Waals surface area contributed by atoms with Crippen molar-refractivity contribution in [2.45, 2.75) is 18.4 Å². The van der Waals surface area contributed by atoms with Gasteiger partial charge < -0.3 is 4.90 Å². The minimum atomic E-state index is -3.58. The molecule has 1 aliphatic heterocycles. The first-order chi connectivity index (χ1) is 13.4. The van der Waals surface area contributed by atoms with Gasteiger partial charge >= 0.3 is 0 Å². The Hall–Kier alpha value is -1.93. The lowest BCUT2D eigenvalue weighted by atomic mass is 10.1. The van der Waals surface area contributed by atoms with Crippen LogP contribution in [-0.2, 0) is 16.6 Å². The monoisotopic (exact) mass is 421 g/mol. The van der Waals surface area contributed by atoms with Crippen LogP contribution in [0.5, 0.6) is 0 Å². The predicted molar refractivity (Wildman–Crippen MR) is 110 cm³/mol. The molecule has 0 bridgehead atoms. The Morgan fingerprint density at radius 3 is 2.39 bits per heavy atom. The van der Waals surface area contributed by atoms with E-state index in [1.165, 1.54) is 17.7 Å². The molecule has 2 aromatic carbocycles. The average Bonchev–Trinajstić information content (AvgIpc) is 2.70. The molecule has 1 saturated heterocycles. The van der Waals surface area contributed by atoms with E-state index < -0.39 is 10.0 Å². The maximum absolute atomic E-state index is 12.8.